The van der Waals surface area contributed by atoms with E-state index in [4.69, 9.17) is 4.74 Å². The van der Waals surface area contributed by atoms with Crippen LogP contribution in [0.3, 0.4) is 0 Å². The summed E-state index contributed by atoms with van der Waals surface area (Å²) in [5.41, 5.74) is 1.88. The van der Waals surface area contributed by atoms with Gasteiger partial charge in [0.15, 0.2) is 6.10 Å². The lowest BCUT2D eigenvalue weighted by Crippen LogP contribution is -2.35. The molecule has 134 valence electrons. The molecule has 0 fully saturated rings. The van der Waals surface area contributed by atoms with Gasteiger partial charge in [-0.15, -0.1) is 0 Å². The van der Waals surface area contributed by atoms with Gasteiger partial charge in [0.2, 0.25) is 11.8 Å². The minimum atomic E-state index is -0.553. The van der Waals surface area contributed by atoms with Gasteiger partial charge in [-0.2, -0.15) is 0 Å². The van der Waals surface area contributed by atoms with Crippen LogP contribution in [0.5, 0.6) is 5.75 Å². The van der Waals surface area contributed by atoms with Crippen molar-refractivity contribution >= 4 is 29.1 Å². The van der Waals surface area contributed by atoms with E-state index in [0.29, 0.717) is 17.1 Å². The van der Waals surface area contributed by atoms with Crippen molar-refractivity contribution < 1.29 is 19.1 Å². The number of anilines is 2. The van der Waals surface area contributed by atoms with Gasteiger partial charge in [0.1, 0.15) is 5.75 Å². The number of nitrogens with one attached hydrogen (secondary N) is 3. The molecule has 0 aliphatic carbocycles. The van der Waals surface area contributed by atoms with E-state index in [0.717, 1.165) is 5.56 Å². The first kappa shape index (κ1) is 17.5. The molecule has 3 N–H and O–H groups in total. The van der Waals surface area contributed by atoms with Crippen molar-refractivity contribution in [2.45, 2.75) is 19.4 Å². The molecule has 2 aromatic rings. The maximum Gasteiger partial charge on any atom is 0.265 e. The molecular formula is C19H19N3O4. The molecule has 3 rings (SSSR count). The highest BCUT2D eigenvalue weighted by molar-refractivity contribution is 5.99. The Morgan fingerprint density at radius 1 is 1.12 bits per heavy atom. The van der Waals surface area contributed by atoms with Crippen molar-refractivity contribution in [1.82, 2.24) is 5.32 Å². The molecule has 1 heterocycles. The Morgan fingerprint density at radius 3 is 2.65 bits per heavy atom. The first-order chi connectivity index (χ1) is 12.5. The van der Waals surface area contributed by atoms with Crippen molar-refractivity contribution in [1.29, 1.82) is 0 Å². The summed E-state index contributed by atoms with van der Waals surface area (Å²) in [7, 11) is 0. The molecule has 26 heavy (non-hydrogen) atoms. The Balaban J connectivity index is 1.51. The Hall–Kier alpha value is -3.35. The van der Waals surface area contributed by atoms with E-state index in [2.05, 4.69) is 16.0 Å². The molecule has 1 aliphatic heterocycles. The van der Waals surface area contributed by atoms with Crippen LogP contribution in [0.25, 0.3) is 0 Å². The van der Waals surface area contributed by atoms with Crippen LogP contribution < -0.4 is 20.7 Å². The van der Waals surface area contributed by atoms with Crippen LogP contribution in [0.15, 0.2) is 48.5 Å². The van der Waals surface area contributed by atoms with Crippen molar-refractivity contribution in [3.63, 3.8) is 0 Å². The number of amides is 3. The largest absolute Gasteiger partial charge is 0.479 e. The average Bonchev–Trinajstić information content (AvgIpc) is 2.62. The highest BCUT2D eigenvalue weighted by Gasteiger charge is 2.23. The summed E-state index contributed by atoms with van der Waals surface area (Å²) in [6, 6.07) is 14.3. The van der Waals surface area contributed by atoms with E-state index in [1.165, 1.54) is 0 Å². The van der Waals surface area contributed by atoms with E-state index < -0.39 is 6.10 Å². The summed E-state index contributed by atoms with van der Waals surface area (Å²) in [5, 5.41) is 7.97. The summed E-state index contributed by atoms with van der Waals surface area (Å²) in [5.74, 6) is -0.283. The molecule has 7 nitrogen and oxygen atoms in total. The van der Waals surface area contributed by atoms with E-state index in [1.54, 1.807) is 25.1 Å². The van der Waals surface area contributed by atoms with Crippen LogP contribution in [-0.2, 0) is 20.8 Å². The Labute approximate surface area is 150 Å². The molecular weight excluding hydrogens is 334 g/mol. The topological polar surface area (TPSA) is 96.5 Å². The van der Waals surface area contributed by atoms with E-state index in [-0.39, 0.29) is 30.7 Å². The Morgan fingerprint density at radius 2 is 1.88 bits per heavy atom. The fourth-order valence-electron chi connectivity index (χ4n) is 2.51. The van der Waals surface area contributed by atoms with Crippen LogP contribution in [0, 0.1) is 0 Å². The third-order valence-corrected chi connectivity index (χ3v) is 3.85. The zero-order valence-corrected chi connectivity index (χ0v) is 14.2. The standard InChI is InChI=1S/C19H19N3O4/c1-12-19(25)22-15-10-14(7-8-16(15)26-12)21-18(24)11-20-17(23)9-13-5-3-2-4-6-13/h2-8,10,12H,9,11H2,1H3,(H,20,23)(H,21,24)(H,22,25)/t12-/m0/s1. The first-order valence-electron chi connectivity index (χ1n) is 8.23. The normalized spacial score (nSPS) is 15.3. The second kappa shape index (κ2) is 7.69. The van der Waals surface area contributed by atoms with Gasteiger partial charge in [-0.05, 0) is 30.7 Å². The number of benzene rings is 2. The molecule has 0 unspecified atom stereocenters. The highest BCUT2D eigenvalue weighted by atomic mass is 16.5. The SMILES string of the molecule is C[C@@H]1Oc2ccc(NC(=O)CNC(=O)Cc3ccccc3)cc2NC1=O. The van der Waals surface area contributed by atoms with Gasteiger partial charge >= 0.3 is 0 Å². The average molecular weight is 353 g/mol. The Kier molecular flexibility index (Phi) is 5.17. The number of fused-ring (bicyclic) bond motifs is 1. The third-order valence-electron chi connectivity index (χ3n) is 3.85. The van der Waals surface area contributed by atoms with Crippen LogP contribution in [0.2, 0.25) is 0 Å². The van der Waals surface area contributed by atoms with E-state index >= 15 is 0 Å². The highest BCUT2D eigenvalue weighted by Crippen LogP contribution is 2.32. The smallest absolute Gasteiger partial charge is 0.265 e. The van der Waals surface area contributed by atoms with Gasteiger partial charge in [-0.1, -0.05) is 30.3 Å². The van der Waals surface area contributed by atoms with Crippen molar-refractivity contribution in [2.24, 2.45) is 0 Å². The minimum Gasteiger partial charge on any atom is -0.479 e. The molecule has 0 bridgehead atoms. The second-order valence-electron chi connectivity index (χ2n) is 5.95. The minimum absolute atomic E-state index is 0.136. The summed E-state index contributed by atoms with van der Waals surface area (Å²) in [6.45, 7) is 1.52. The van der Waals surface area contributed by atoms with Gasteiger partial charge in [-0.25, -0.2) is 0 Å². The quantitative estimate of drug-likeness (QED) is 0.762. The zero-order chi connectivity index (χ0) is 18.5. The summed E-state index contributed by atoms with van der Waals surface area (Å²) >= 11 is 0. The lowest BCUT2D eigenvalue weighted by Gasteiger charge is -2.23. The van der Waals surface area contributed by atoms with E-state index in [9.17, 15) is 14.4 Å². The second-order valence-corrected chi connectivity index (χ2v) is 5.95. The van der Waals surface area contributed by atoms with Crippen LogP contribution in [-0.4, -0.2) is 30.4 Å². The predicted octanol–water partition coefficient (Wildman–Crippen LogP) is 1.70. The molecule has 0 spiro atoms. The van der Waals surface area contributed by atoms with Gasteiger partial charge in [0.25, 0.3) is 5.91 Å². The number of hydrogen-bond acceptors (Lipinski definition) is 4. The van der Waals surface area contributed by atoms with Gasteiger partial charge in [-0.3, -0.25) is 14.4 Å². The van der Waals surface area contributed by atoms with Crippen molar-refractivity contribution in [3.8, 4) is 5.75 Å². The monoisotopic (exact) mass is 353 g/mol. The molecule has 0 aromatic heterocycles. The van der Waals surface area contributed by atoms with Gasteiger partial charge < -0.3 is 20.7 Å². The zero-order valence-electron chi connectivity index (χ0n) is 14.2. The molecule has 0 saturated heterocycles. The van der Waals surface area contributed by atoms with Crippen LogP contribution in [0.1, 0.15) is 12.5 Å². The number of carbonyl (C=O) groups excluding carboxylic acids is 3. The number of hydrogen-bond donors (Lipinski definition) is 3. The molecule has 2 aromatic carbocycles. The van der Waals surface area contributed by atoms with Crippen molar-refractivity contribution in [2.75, 3.05) is 17.2 Å². The molecule has 1 aliphatic rings. The number of carbonyl (C=O) groups is 3. The van der Waals surface area contributed by atoms with E-state index in [1.807, 2.05) is 30.3 Å². The van der Waals surface area contributed by atoms with Gasteiger partial charge in [0.05, 0.1) is 18.7 Å². The first-order valence-corrected chi connectivity index (χ1v) is 8.23. The fraction of sp³-hybridized carbons (Fsp3) is 0.211. The summed E-state index contributed by atoms with van der Waals surface area (Å²) < 4.78 is 5.46. The van der Waals surface area contributed by atoms with Crippen LogP contribution >= 0.6 is 0 Å². The maximum atomic E-state index is 12.0. The number of ether oxygens (including phenoxy) is 1. The molecule has 1 atom stereocenters. The molecule has 0 radical (unpaired) electrons. The lowest BCUT2D eigenvalue weighted by molar-refractivity contribution is -0.123. The molecule has 7 heteroatoms. The molecule has 3 amide bonds. The predicted molar refractivity (Wildman–Crippen MR) is 96.9 cm³/mol. The summed E-state index contributed by atoms with van der Waals surface area (Å²) in [4.78, 5) is 35.5. The summed E-state index contributed by atoms with van der Waals surface area (Å²) in [6.07, 6.45) is -0.336. The van der Waals surface area contributed by atoms with Crippen LogP contribution in [0.4, 0.5) is 11.4 Å². The number of rotatable bonds is 5. The van der Waals surface area contributed by atoms with Gasteiger partial charge in [0, 0.05) is 5.69 Å². The fourth-order valence-corrected chi connectivity index (χ4v) is 2.51. The van der Waals surface area contributed by atoms with Crippen molar-refractivity contribution in [3.05, 3.63) is 54.1 Å². The maximum absolute atomic E-state index is 12.0. The molecule has 0 saturated carbocycles. The third kappa shape index (κ3) is 4.38. The lowest BCUT2D eigenvalue weighted by atomic mass is 10.1. The Bertz CT molecular complexity index is 836.